The van der Waals surface area contributed by atoms with Crippen LogP contribution in [0.5, 0.6) is 0 Å². The van der Waals surface area contributed by atoms with Crippen molar-refractivity contribution in [3.8, 4) is 0 Å². The first-order chi connectivity index (χ1) is 5.98. The number of hydrogen-bond acceptors (Lipinski definition) is 2. The molecule has 0 aromatic carbocycles. The van der Waals surface area contributed by atoms with Crippen molar-refractivity contribution in [3.05, 3.63) is 12.3 Å². The molecule has 2 rings (SSSR count). The van der Waals surface area contributed by atoms with E-state index in [1.807, 2.05) is 0 Å². The average Bonchev–Trinajstić information content (AvgIpc) is 2.41. The fourth-order valence-electron chi connectivity index (χ4n) is 2.46. The lowest BCUT2D eigenvalue weighted by Crippen LogP contribution is -2.39. The molecule has 0 bridgehead atoms. The van der Waals surface area contributed by atoms with Gasteiger partial charge in [0.25, 0.3) is 0 Å². The predicted octanol–water partition coefficient (Wildman–Crippen LogP) is 2.64. The topological polar surface area (TPSA) is 12.0 Å². The molecule has 2 aliphatic rings. The number of nitrogens with one attached hydrogen (secondary N) is 1. The maximum atomic E-state index is 4.03. The SMILES string of the molecule is C=C1C[C@H]2CSC(C(C)(C)C)[C@H]2N1. The second-order valence-corrected chi connectivity index (χ2v) is 6.53. The molecule has 0 spiro atoms. The van der Waals surface area contributed by atoms with Crippen molar-refractivity contribution in [1.29, 1.82) is 0 Å². The lowest BCUT2D eigenvalue weighted by Gasteiger charge is -2.31. The van der Waals surface area contributed by atoms with Gasteiger partial charge in [-0.2, -0.15) is 11.8 Å². The Labute approximate surface area is 85.4 Å². The molecule has 1 unspecified atom stereocenters. The van der Waals surface area contributed by atoms with Gasteiger partial charge >= 0.3 is 0 Å². The number of thioether (sulfide) groups is 1. The molecular weight excluding hydrogens is 178 g/mol. The standard InChI is InChI=1S/C11H19NS/c1-7-5-8-6-13-10(9(8)12-7)11(2,3)4/h8-10,12H,1,5-6H2,2-4H3/t8-,9-,10?/m0/s1. The molecule has 0 aromatic rings. The van der Waals surface area contributed by atoms with Gasteiger partial charge < -0.3 is 5.32 Å². The second kappa shape index (κ2) is 2.94. The van der Waals surface area contributed by atoms with E-state index in [0.717, 1.165) is 11.2 Å². The molecule has 13 heavy (non-hydrogen) atoms. The summed E-state index contributed by atoms with van der Waals surface area (Å²) in [5.74, 6) is 2.17. The van der Waals surface area contributed by atoms with Crippen LogP contribution in [0, 0.1) is 11.3 Å². The Balaban J connectivity index is 2.13. The van der Waals surface area contributed by atoms with Crippen LogP contribution in [-0.2, 0) is 0 Å². The summed E-state index contributed by atoms with van der Waals surface area (Å²) >= 11 is 2.14. The summed E-state index contributed by atoms with van der Waals surface area (Å²) in [7, 11) is 0. The van der Waals surface area contributed by atoms with Crippen molar-refractivity contribution in [3.63, 3.8) is 0 Å². The van der Waals surface area contributed by atoms with E-state index in [2.05, 4.69) is 44.4 Å². The van der Waals surface area contributed by atoms with Crippen LogP contribution in [0.15, 0.2) is 12.3 Å². The first kappa shape index (κ1) is 9.45. The predicted molar refractivity (Wildman–Crippen MR) is 59.9 cm³/mol. The third-order valence-corrected chi connectivity index (χ3v) is 5.04. The van der Waals surface area contributed by atoms with E-state index < -0.39 is 0 Å². The van der Waals surface area contributed by atoms with Gasteiger partial charge in [0.05, 0.1) is 0 Å². The van der Waals surface area contributed by atoms with Gasteiger partial charge in [0.2, 0.25) is 0 Å². The molecule has 2 aliphatic heterocycles. The van der Waals surface area contributed by atoms with Crippen LogP contribution in [-0.4, -0.2) is 17.0 Å². The van der Waals surface area contributed by atoms with Crippen LogP contribution in [0.1, 0.15) is 27.2 Å². The third kappa shape index (κ3) is 1.61. The van der Waals surface area contributed by atoms with Crippen molar-refractivity contribution in [2.24, 2.45) is 11.3 Å². The summed E-state index contributed by atoms with van der Waals surface area (Å²) in [5.41, 5.74) is 1.67. The molecule has 2 heteroatoms. The zero-order valence-electron chi connectivity index (χ0n) is 8.76. The summed E-state index contributed by atoms with van der Waals surface area (Å²) in [6.45, 7) is 11.1. The number of hydrogen-bond donors (Lipinski definition) is 1. The molecule has 1 N–H and O–H groups in total. The fourth-order valence-corrected chi connectivity index (χ4v) is 4.24. The van der Waals surface area contributed by atoms with Gasteiger partial charge in [-0.3, -0.25) is 0 Å². The first-order valence-corrected chi connectivity index (χ1v) is 6.09. The monoisotopic (exact) mass is 197 g/mol. The molecule has 1 nitrogen and oxygen atoms in total. The van der Waals surface area contributed by atoms with Crippen molar-refractivity contribution in [1.82, 2.24) is 5.32 Å². The van der Waals surface area contributed by atoms with E-state index in [1.165, 1.54) is 17.9 Å². The summed E-state index contributed by atoms with van der Waals surface area (Å²) in [6, 6.07) is 0.692. The minimum atomic E-state index is 0.418. The molecule has 0 aromatic heterocycles. The summed E-state index contributed by atoms with van der Waals surface area (Å²) in [6.07, 6.45) is 1.20. The maximum Gasteiger partial charge on any atom is 0.0421 e. The van der Waals surface area contributed by atoms with Gasteiger partial charge in [-0.05, 0) is 23.5 Å². The molecule has 0 amide bonds. The van der Waals surface area contributed by atoms with E-state index in [9.17, 15) is 0 Å². The Bertz CT molecular complexity index is 229. The minimum Gasteiger partial charge on any atom is -0.385 e. The van der Waals surface area contributed by atoms with Gasteiger partial charge in [-0.25, -0.2) is 0 Å². The maximum absolute atomic E-state index is 4.03. The lowest BCUT2D eigenvalue weighted by atomic mass is 9.84. The summed E-state index contributed by atoms with van der Waals surface area (Å²) < 4.78 is 0. The fraction of sp³-hybridized carbons (Fsp3) is 0.818. The minimum absolute atomic E-state index is 0.418. The van der Waals surface area contributed by atoms with Crippen LogP contribution in [0.4, 0.5) is 0 Å². The van der Waals surface area contributed by atoms with Crippen molar-refractivity contribution < 1.29 is 0 Å². The molecule has 0 aliphatic carbocycles. The number of rotatable bonds is 0. The summed E-state index contributed by atoms with van der Waals surface area (Å²) in [5, 5.41) is 4.32. The van der Waals surface area contributed by atoms with Gasteiger partial charge in [-0.1, -0.05) is 27.4 Å². The molecule has 2 fully saturated rings. The molecule has 2 heterocycles. The highest BCUT2D eigenvalue weighted by Crippen LogP contribution is 2.46. The zero-order valence-corrected chi connectivity index (χ0v) is 9.58. The Hall–Kier alpha value is -0.110. The highest BCUT2D eigenvalue weighted by atomic mass is 32.2. The Morgan fingerprint density at radius 2 is 2.15 bits per heavy atom. The van der Waals surface area contributed by atoms with Crippen LogP contribution in [0.25, 0.3) is 0 Å². The van der Waals surface area contributed by atoms with E-state index in [0.29, 0.717) is 11.5 Å². The van der Waals surface area contributed by atoms with Crippen molar-refractivity contribution >= 4 is 11.8 Å². The Morgan fingerprint density at radius 3 is 2.77 bits per heavy atom. The lowest BCUT2D eigenvalue weighted by molar-refractivity contribution is 0.327. The molecule has 0 radical (unpaired) electrons. The summed E-state index contributed by atoms with van der Waals surface area (Å²) in [4.78, 5) is 0. The molecule has 2 saturated heterocycles. The van der Waals surface area contributed by atoms with Gasteiger partial charge in [0.15, 0.2) is 0 Å². The Morgan fingerprint density at radius 1 is 1.46 bits per heavy atom. The van der Waals surface area contributed by atoms with Gasteiger partial charge in [0, 0.05) is 17.0 Å². The van der Waals surface area contributed by atoms with Crippen molar-refractivity contribution in [2.45, 2.75) is 38.5 Å². The number of allylic oxidation sites excluding steroid dienone is 1. The Kier molecular flexibility index (Phi) is 2.14. The largest absolute Gasteiger partial charge is 0.385 e. The van der Waals surface area contributed by atoms with E-state index in [1.54, 1.807) is 0 Å². The highest BCUT2D eigenvalue weighted by molar-refractivity contribution is 8.00. The van der Waals surface area contributed by atoms with E-state index >= 15 is 0 Å². The molecule has 74 valence electrons. The van der Waals surface area contributed by atoms with Gasteiger partial charge in [0.1, 0.15) is 0 Å². The van der Waals surface area contributed by atoms with E-state index in [4.69, 9.17) is 0 Å². The highest BCUT2D eigenvalue weighted by Gasteiger charge is 2.45. The van der Waals surface area contributed by atoms with Crippen LogP contribution >= 0.6 is 11.8 Å². The van der Waals surface area contributed by atoms with E-state index in [-0.39, 0.29) is 0 Å². The van der Waals surface area contributed by atoms with Crippen LogP contribution < -0.4 is 5.32 Å². The quantitative estimate of drug-likeness (QED) is 0.641. The zero-order chi connectivity index (χ0) is 9.64. The smallest absolute Gasteiger partial charge is 0.0421 e. The van der Waals surface area contributed by atoms with Crippen LogP contribution in [0.3, 0.4) is 0 Å². The van der Waals surface area contributed by atoms with Crippen molar-refractivity contribution in [2.75, 3.05) is 5.75 Å². The number of fused-ring (bicyclic) bond motifs is 1. The molecule has 0 saturated carbocycles. The average molecular weight is 197 g/mol. The molecule has 3 atom stereocenters. The molecular formula is C11H19NS. The van der Waals surface area contributed by atoms with Gasteiger partial charge in [-0.15, -0.1) is 0 Å². The first-order valence-electron chi connectivity index (χ1n) is 5.04. The second-order valence-electron chi connectivity index (χ2n) is 5.36. The third-order valence-electron chi connectivity index (χ3n) is 3.06. The van der Waals surface area contributed by atoms with Crippen LogP contribution in [0.2, 0.25) is 0 Å². The normalized spacial score (nSPS) is 39.0.